The van der Waals surface area contributed by atoms with Crippen LogP contribution in [-0.4, -0.2) is 32.8 Å². The topological polar surface area (TPSA) is 66.1 Å². The van der Waals surface area contributed by atoms with Crippen LogP contribution >= 0.6 is 11.8 Å². The van der Waals surface area contributed by atoms with E-state index < -0.39 is 0 Å². The van der Waals surface area contributed by atoms with Crippen molar-refractivity contribution in [2.24, 2.45) is 7.05 Å². The molecule has 0 amide bonds. The van der Waals surface area contributed by atoms with Crippen LogP contribution in [0.3, 0.4) is 0 Å². The van der Waals surface area contributed by atoms with Gasteiger partial charge < -0.3 is 9.30 Å². The normalized spacial score (nSPS) is 11.0. The van der Waals surface area contributed by atoms with Crippen LogP contribution in [-0.2, 0) is 7.05 Å². The van der Waals surface area contributed by atoms with E-state index in [1.807, 2.05) is 49.6 Å². The maximum Gasteiger partial charge on any atom is 0.266 e. The molecule has 2 aromatic carbocycles. The Labute approximate surface area is 171 Å². The summed E-state index contributed by atoms with van der Waals surface area (Å²) < 4.78 is 8.62. The molecule has 7 heteroatoms. The van der Waals surface area contributed by atoms with E-state index in [9.17, 15) is 9.59 Å². The monoisotopic (exact) mass is 405 g/mol. The predicted molar refractivity (Wildman–Crippen MR) is 114 cm³/mol. The molecule has 2 aromatic heterocycles. The van der Waals surface area contributed by atoms with Gasteiger partial charge in [-0.05, 0) is 36.4 Å². The number of fused-ring (bicyclic) bond motifs is 1. The minimum Gasteiger partial charge on any atom is -0.497 e. The third kappa shape index (κ3) is 3.69. The van der Waals surface area contributed by atoms with Crippen molar-refractivity contribution in [1.82, 2.24) is 14.1 Å². The number of carbonyl (C=O) groups excluding carboxylic acids is 1. The summed E-state index contributed by atoms with van der Waals surface area (Å²) in [5.41, 5.74) is 1.68. The van der Waals surface area contributed by atoms with Crippen LogP contribution in [0.4, 0.5) is 0 Å². The average Bonchev–Trinajstić information content (AvgIpc) is 3.18. The molecule has 0 saturated carbocycles. The maximum absolute atomic E-state index is 13.3. The second kappa shape index (κ2) is 7.97. The van der Waals surface area contributed by atoms with Crippen molar-refractivity contribution in [3.8, 4) is 11.4 Å². The van der Waals surface area contributed by atoms with E-state index in [-0.39, 0.29) is 17.1 Å². The highest BCUT2D eigenvalue weighted by Crippen LogP contribution is 2.24. The highest BCUT2D eigenvalue weighted by molar-refractivity contribution is 7.99. The van der Waals surface area contributed by atoms with E-state index in [0.717, 1.165) is 0 Å². The fraction of sp³-hybridized carbons (Fsp3) is 0.136. The Morgan fingerprint density at radius 1 is 1.10 bits per heavy atom. The zero-order valence-electron chi connectivity index (χ0n) is 16.0. The van der Waals surface area contributed by atoms with Gasteiger partial charge in [0, 0.05) is 19.3 Å². The Hall–Kier alpha value is -3.32. The van der Waals surface area contributed by atoms with Gasteiger partial charge in [-0.1, -0.05) is 30.0 Å². The first-order chi connectivity index (χ1) is 14.1. The van der Waals surface area contributed by atoms with Crippen molar-refractivity contribution in [2.45, 2.75) is 5.16 Å². The van der Waals surface area contributed by atoms with Crippen LogP contribution in [0.15, 0.2) is 76.8 Å². The standard InChI is InChI=1S/C22H19N3O3S/c1-24-12-6-11-19(24)20(26)14-29-22-23-18-10-4-3-9-17(18)21(27)25(22)15-7-5-8-16(13-15)28-2/h3-13H,14H2,1-2H3. The lowest BCUT2D eigenvalue weighted by molar-refractivity contribution is 0.101. The molecule has 146 valence electrons. The lowest BCUT2D eigenvalue weighted by Crippen LogP contribution is -2.22. The molecule has 0 aliphatic rings. The largest absolute Gasteiger partial charge is 0.497 e. The lowest BCUT2D eigenvalue weighted by atomic mass is 10.2. The Kier molecular flexibility index (Phi) is 5.22. The van der Waals surface area contributed by atoms with Gasteiger partial charge in [0.1, 0.15) is 5.75 Å². The number of carbonyl (C=O) groups is 1. The third-order valence-corrected chi connectivity index (χ3v) is 5.56. The van der Waals surface area contributed by atoms with E-state index in [1.54, 1.807) is 35.9 Å². The van der Waals surface area contributed by atoms with Crippen LogP contribution in [0.25, 0.3) is 16.6 Å². The van der Waals surface area contributed by atoms with Gasteiger partial charge >= 0.3 is 0 Å². The number of Topliss-reactive ketones (excluding diaryl/α,β-unsaturated/α-hetero) is 1. The molecular formula is C22H19N3O3S. The first-order valence-corrected chi connectivity index (χ1v) is 10.0. The molecule has 0 N–H and O–H groups in total. The van der Waals surface area contributed by atoms with Gasteiger partial charge in [-0.3, -0.25) is 14.2 Å². The predicted octanol–water partition coefficient (Wildman–Crippen LogP) is 3.71. The highest BCUT2D eigenvalue weighted by Gasteiger charge is 2.16. The zero-order valence-corrected chi connectivity index (χ0v) is 16.8. The number of aromatic nitrogens is 3. The van der Waals surface area contributed by atoms with Crippen LogP contribution in [0.5, 0.6) is 5.75 Å². The summed E-state index contributed by atoms with van der Waals surface area (Å²) in [6.45, 7) is 0. The van der Waals surface area contributed by atoms with Gasteiger partial charge in [0.05, 0.1) is 35.1 Å². The first kappa shape index (κ1) is 19.0. The number of methoxy groups -OCH3 is 1. The van der Waals surface area contributed by atoms with E-state index in [0.29, 0.717) is 33.2 Å². The van der Waals surface area contributed by atoms with Gasteiger partial charge in [-0.2, -0.15) is 0 Å². The SMILES string of the molecule is COc1cccc(-n2c(SCC(=O)c3cccn3C)nc3ccccc3c2=O)c1. The molecule has 0 aliphatic heterocycles. The minimum atomic E-state index is -0.183. The molecule has 6 nitrogen and oxygen atoms in total. The number of rotatable bonds is 6. The number of ketones is 1. The summed E-state index contributed by atoms with van der Waals surface area (Å²) in [6.07, 6.45) is 1.83. The molecular weight excluding hydrogens is 386 g/mol. The van der Waals surface area contributed by atoms with Crippen molar-refractivity contribution in [3.63, 3.8) is 0 Å². The third-order valence-electron chi connectivity index (χ3n) is 4.62. The van der Waals surface area contributed by atoms with Gasteiger partial charge in [-0.25, -0.2) is 4.98 Å². The molecule has 0 aliphatic carbocycles. The molecule has 0 unspecified atom stereocenters. The summed E-state index contributed by atoms with van der Waals surface area (Å²) in [5, 5.41) is 0.984. The number of para-hydroxylation sites is 1. The van der Waals surface area contributed by atoms with Crippen molar-refractivity contribution in [1.29, 1.82) is 0 Å². The number of nitrogens with zero attached hydrogens (tertiary/aromatic N) is 3. The molecule has 0 bridgehead atoms. The molecule has 0 radical (unpaired) electrons. The summed E-state index contributed by atoms with van der Waals surface area (Å²) in [4.78, 5) is 30.5. The fourth-order valence-electron chi connectivity index (χ4n) is 3.14. The second-order valence-electron chi connectivity index (χ2n) is 6.47. The van der Waals surface area contributed by atoms with Crippen molar-refractivity contribution in [3.05, 3.63) is 82.9 Å². The molecule has 0 saturated heterocycles. The smallest absolute Gasteiger partial charge is 0.266 e. The Bertz CT molecular complexity index is 1260. The summed E-state index contributed by atoms with van der Waals surface area (Å²) in [6, 6.07) is 18.1. The molecule has 4 aromatic rings. The van der Waals surface area contributed by atoms with E-state index in [4.69, 9.17) is 4.74 Å². The van der Waals surface area contributed by atoms with Gasteiger partial charge in [0.2, 0.25) is 0 Å². The van der Waals surface area contributed by atoms with Crippen molar-refractivity contribution >= 4 is 28.4 Å². The lowest BCUT2D eigenvalue weighted by Gasteiger charge is -2.14. The van der Waals surface area contributed by atoms with Crippen LogP contribution in [0.1, 0.15) is 10.5 Å². The van der Waals surface area contributed by atoms with Gasteiger partial charge in [-0.15, -0.1) is 0 Å². The molecule has 0 spiro atoms. The number of hydrogen-bond donors (Lipinski definition) is 0. The maximum atomic E-state index is 13.3. The quantitative estimate of drug-likeness (QED) is 0.278. The Morgan fingerprint density at radius 2 is 1.93 bits per heavy atom. The zero-order chi connectivity index (χ0) is 20.4. The van der Waals surface area contributed by atoms with E-state index >= 15 is 0 Å². The summed E-state index contributed by atoms with van der Waals surface area (Å²) in [7, 11) is 3.41. The molecule has 0 fully saturated rings. The van der Waals surface area contributed by atoms with Crippen LogP contribution in [0, 0.1) is 0 Å². The molecule has 0 atom stereocenters. The highest BCUT2D eigenvalue weighted by atomic mass is 32.2. The van der Waals surface area contributed by atoms with E-state index in [1.165, 1.54) is 16.3 Å². The van der Waals surface area contributed by atoms with E-state index in [2.05, 4.69) is 4.98 Å². The minimum absolute atomic E-state index is 0.0258. The van der Waals surface area contributed by atoms with Gasteiger partial charge in [0.15, 0.2) is 10.9 Å². The molecule has 2 heterocycles. The van der Waals surface area contributed by atoms with Gasteiger partial charge in [0.25, 0.3) is 5.56 Å². The summed E-state index contributed by atoms with van der Waals surface area (Å²) in [5.74, 6) is 0.785. The second-order valence-corrected chi connectivity index (χ2v) is 7.41. The number of benzene rings is 2. The number of thioether (sulfide) groups is 1. The number of ether oxygens (including phenoxy) is 1. The van der Waals surface area contributed by atoms with Crippen LogP contribution in [0.2, 0.25) is 0 Å². The van der Waals surface area contributed by atoms with Crippen molar-refractivity contribution in [2.75, 3.05) is 12.9 Å². The molecule has 4 rings (SSSR count). The van der Waals surface area contributed by atoms with Crippen molar-refractivity contribution < 1.29 is 9.53 Å². The Morgan fingerprint density at radius 3 is 2.69 bits per heavy atom. The summed E-state index contributed by atoms with van der Waals surface area (Å²) >= 11 is 1.25. The number of aryl methyl sites for hydroxylation is 1. The Balaban J connectivity index is 1.80. The number of hydrogen-bond acceptors (Lipinski definition) is 5. The average molecular weight is 405 g/mol. The first-order valence-electron chi connectivity index (χ1n) is 9.02. The fourth-order valence-corrected chi connectivity index (χ4v) is 4.03. The van der Waals surface area contributed by atoms with Crippen LogP contribution < -0.4 is 10.3 Å². The molecule has 29 heavy (non-hydrogen) atoms.